The minimum atomic E-state index is 0.0173. The average Bonchev–Trinajstić information content (AvgIpc) is 2.73. The van der Waals surface area contributed by atoms with Crippen LogP contribution in [0, 0.1) is 20.8 Å². The zero-order chi connectivity index (χ0) is 13.9. The molecule has 0 unspecified atom stereocenters. The minimum Gasteiger partial charge on any atom is -0.293 e. The third kappa shape index (κ3) is 3.55. The van der Waals surface area contributed by atoms with Gasteiger partial charge in [0.15, 0.2) is 5.78 Å². The second kappa shape index (κ2) is 5.62. The molecule has 0 saturated carbocycles. The highest BCUT2D eigenvalue weighted by Gasteiger charge is 2.03. The van der Waals surface area contributed by atoms with Crippen molar-refractivity contribution in [3.05, 3.63) is 34.9 Å². The van der Waals surface area contributed by atoms with Crippen LogP contribution in [-0.2, 0) is 14.1 Å². The summed E-state index contributed by atoms with van der Waals surface area (Å²) in [7, 11) is 3.77. The Bertz CT molecular complexity index is 512. The summed E-state index contributed by atoms with van der Waals surface area (Å²) in [6.45, 7) is 7.47. The number of hydrogen-bond acceptors (Lipinski definition) is 3. The van der Waals surface area contributed by atoms with Gasteiger partial charge in [0, 0.05) is 32.4 Å². The first-order valence-corrected chi connectivity index (χ1v) is 5.80. The summed E-state index contributed by atoms with van der Waals surface area (Å²) in [5.74, 6) is 0.0173. The smallest absolute Gasteiger partial charge is 0.179 e. The molecule has 5 heteroatoms. The van der Waals surface area contributed by atoms with E-state index in [-0.39, 0.29) is 5.78 Å². The number of aryl methyl sites for hydroxylation is 5. The fraction of sp³-hybridized carbons (Fsp3) is 0.462. The van der Waals surface area contributed by atoms with E-state index in [1.54, 1.807) is 10.7 Å². The molecule has 0 bridgehead atoms. The number of Topliss-reactive ketones (excluding diaryl/α,β-unsaturated/α-hetero) is 1. The lowest BCUT2D eigenvalue weighted by Gasteiger charge is -1.88. The van der Waals surface area contributed by atoms with Gasteiger partial charge in [0.05, 0.1) is 5.69 Å². The zero-order valence-electron chi connectivity index (χ0n) is 11.9. The van der Waals surface area contributed by atoms with E-state index < -0.39 is 0 Å². The molecule has 0 aromatic carbocycles. The lowest BCUT2D eigenvalue weighted by Crippen LogP contribution is -1.96. The Labute approximate surface area is 107 Å². The monoisotopic (exact) mass is 248 g/mol. The normalized spacial score (nSPS) is 9.89. The average molecular weight is 248 g/mol. The van der Waals surface area contributed by atoms with Crippen molar-refractivity contribution in [2.45, 2.75) is 27.7 Å². The van der Waals surface area contributed by atoms with Crippen molar-refractivity contribution >= 4 is 5.78 Å². The summed E-state index contributed by atoms with van der Waals surface area (Å²) < 4.78 is 3.56. The van der Waals surface area contributed by atoms with Crippen molar-refractivity contribution in [3.8, 4) is 0 Å². The van der Waals surface area contributed by atoms with Crippen molar-refractivity contribution in [1.82, 2.24) is 19.6 Å². The summed E-state index contributed by atoms with van der Waals surface area (Å²) in [6, 6.07) is 3.84. The SMILES string of the molecule is CC(=O)c1cc(C)n(C)n1.Cc1cc(C)n(C)n1. The van der Waals surface area contributed by atoms with E-state index in [1.165, 1.54) is 12.6 Å². The van der Waals surface area contributed by atoms with Crippen molar-refractivity contribution < 1.29 is 4.79 Å². The molecular formula is C13H20N4O. The Balaban J connectivity index is 0.000000184. The second-order valence-electron chi connectivity index (χ2n) is 4.40. The molecule has 2 aromatic rings. The van der Waals surface area contributed by atoms with Crippen LogP contribution < -0.4 is 0 Å². The number of ketones is 1. The number of aromatic nitrogens is 4. The molecule has 2 aromatic heterocycles. The topological polar surface area (TPSA) is 52.7 Å². The third-order valence-electron chi connectivity index (χ3n) is 2.71. The van der Waals surface area contributed by atoms with Gasteiger partial charge in [-0.05, 0) is 32.9 Å². The van der Waals surface area contributed by atoms with Gasteiger partial charge in [0.2, 0.25) is 0 Å². The Morgan fingerprint density at radius 3 is 1.67 bits per heavy atom. The number of rotatable bonds is 1. The summed E-state index contributed by atoms with van der Waals surface area (Å²) in [5.41, 5.74) is 3.85. The molecule has 5 nitrogen and oxygen atoms in total. The fourth-order valence-corrected chi connectivity index (χ4v) is 1.47. The predicted molar refractivity (Wildman–Crippen MR) is 70.6 cm³/mol. The van der Waals surface area contributed by atoms with Gasteiger partial charge >= 0.3 is 0 Å². The van der Waals surface area contributed by atoms with E-state index >= 15 is 0 Å². The van der Waals surface area contributed by atoms with Gasteiger partial charge in [-0.3, -0.25) is 14.2 Å². The summed E-state index contributed by atoms with van der Waals surface area (Å²) in [6.07, 6.45) is 0. The fourth-order valence-electron chi connectivity index (χ4n) is 1.47. The molecular weight excluding hydrogens is 228 g/mol. The van der Waals surface area contributed by atoms with Crippen molar-refractivity contribution in [2.75, 3.05) is 0 Å². The highest BCUT2D eigenvalue weighted by atomic mass is 16.1. The van der Waals surface area contributed by atoms with Gasteiger partial charge in [-0.1, -0.05) is 0 Å². The first kappa shape index (κ1) is 14.2. The molecule has 2 heterocycles. The highest BCUT2D eigenvalue weighted by Crippen LogP contribution is 2.00. The van der Waals surface area contributed by atoms with E-state index in [1.807, 2.05) is 39.5 Å². The molecule has 0 aliphatic carbocycles. The molecule has 0 amide bonds. The van der Waals surface area contributed by atoms with Gasteiger partial charge in [-0.25, -0.2) is 0 Å². The standard InChI is InChI=1S/C7H10N2O.C6H10N2/c1-5-4-7(6(2)10)8-9(5)3;1-5-4-6(2)8(3)7-5/h4H,1-3H3;4H,1-3H3. The Morgan fingerprint density at radius 2 is 1.50 bits per heavy atom. The summed E-state index contributed by atoms with van der Waals surface area (Å²) in [5, 5.41) is 8.10. The molecule has 0 aliphatic rings. The molecule has 0 aliphatic heterocycles. The Kier molecular flexibility index (Phi) is 4.42. The summed E-state index contributed by atoms with van der Waals surface area (Å²) in [4.78, 5) is 10.7. The molecule has 2 rings (SSSR count). The molecule has 0 saturated heterocycles. The van der Waals surface area contributed by atoms with Gasteiger partial charge in [-0.15, -0.1) is 0 Å². The zero-order valence-corrected chi connectivity index (χ0v) is 11.9. The van der Waals surface area contributed by atoms with Crippen LogP contribution in [0.1, 0.15) is 34.5 Å². The summed E-state index contributed by atoms with van der Waals surface area (Å²) >= 11 is 0. The van der Waals surface area contributed by atoms with Gasteiger partial charge in [-0.2, -0.15) is 10.2 Å². The first-order valence-electron chi connectivity index (χ1n) is 5.80. The molecule has 0 fully saturated rings. The van der Waals surface area contributed by atoms with Crippen LogP contribution in [0.5, 0.6) is 0 Å². The van der Waals surface area contributed by atoms with E-state index in [0.29, 0.717) is 5.69 Å². The maximum atomic E-state index is 10.7. The molecule has 0 spiro atoms. The van der Waals surface area contributed by atoms with Crippen LogP contribution in [0.25, 0.3) is 0 Å². The van der Waals surface area contributed by atoms with Crippen LogP contribution in [0.15, 0.2) is 12.1 Å². The molecule has 18 heavy (non-hydrogen) atoms. The highest BCUT2D eigenvalue weighted by molar-refractivity contribution is 5.92. The van der Waals surface area contributed by atoms with Crippen LogP contribution >= 0.6 is 0 Å². The lowest BCUT2D eigenvalue weighted by atomic mass is 10.3. The number of carbonyl (C=O) groups excluding carboxylic acids is 1. The Morgan fingerprint density at radius 1 is 1.00 bits per heavy atom. The van der Waals surface area contributed by atoms with Crippen LogP contribution in [0.2, 0.25) is 0 Å². The van der Waals surface area contributed by atoms with Crippen LogP contribution in [-0.4, -0.2) is 25.3 Å². The molecule has 0 N–H and O–H groups in total. The largest absolute Gasteiger partial charge is 0.293 e. The first-order chi connectivity index (χ1) is 8.31. The second-order valence-corrected chi connectivity index (χ2v) is 4.40. The molecule has 0 radical (unpaired) electrons. The number of nitrogens with zero attached hydrogens (tertiary/aromatic N) is 4. The van der Waals surface area contributed by atoms with E-state index in [2.05, 4.69) is 16.3 Å². The van der Waals surface area contributed by atoms with E-state index in [9.17, 15) is 4.79 Å². The van der Waals surface area contributed by atoms with Crippen molar-refractivity contribution in [3.63, 3.8) is 0 Å². The maximum Gasteiger partial charge on any atom is 0.179 e. The van der Waals surface area contributed by atoms with Gasteiger partial charge in [0.1, 0.15) is 5.69 Å². The minimum absolute atomic E-state index is 0.0173. The van der Waals surface area contributed by atoms with Crippen LogP contribution in [0.4, 0.5) is 0 Å². The van der Waals surface area contributed by atoms with Crippen molar-refractivity contribution in [1.29, 1.82) is 0 Å². The van der Waals surface area contributed by atoms with Crippen molar-refractivity contribution in [2.24, 2.45) is 14.1 Å². The maximum absolute atomic E-state index is 10.7. The lowest BCUT2D eigenvalue weighted by molar-refractivity contribution is 0.101. The number of hydrogen-bond donors (Lipinski definition) is 0. The number of carbonyl (C=O) groups is 1. The van der Waals surface area contributed by atoms with E-state index in [0.717, 1.165) is 11.4 Å². The quantitative estimate of drug-likeness (QED) is 0.725. The van der Waals surface area contributed by atoms with E-state index in [4.69, 9.17) is 0 Å². The van der Waals surface area contributed by atoms with Gasteiger partial charge < -0.3 is 0 Å². The van der Waals surface area contributed by atoms with Crippen LogP contribution in [0.3, 0.4) is 0 Å². The predicted octanol–water partition coefficient (Wildman–Crippen LogP) is 1.97. The van der Waals surface area contributed by atoms with Gasteiger partial charge in [0.25, 0.3) is 0 Å². The molecule has 0 atom stereocenters. The Hall–Kier alpha value is -1.91. The molecule has 98 valence electrons. The third-order valence-corrected chi connectivity index (χ3v) is 2.71.